The minimum atomic E-state index is -0.972. The highest BCUT2D eigenvalue weighted by atomic mass is 19.1. The third-order valence-electron chi connectivity index (χ3n) is 3.25. The Labute approximate surface area is 92.5 Å². The molecule has 0 amide bonds. The molecule has 1 nitrogen and oxygen atoms in total. The summed E-state index contributed by atoms with van der Waals surface area (Å²) < 4.78 is 39.9. The van der Waals surface area contributed by atoms with Crippen molar-refractivity contribution in [2.75, 3.05) is 0 Å². The molecule has 1 aromatic rings. The van der Waals surface area contributed by atoms with Gasteiger partial charge >= 0.3 is 0 Å². The molecule has 0 atom stereocenters. The quantitative estimate of drug-likeness (QED) is 0.786. The van der Waals surface area contributed by atoms with Gasteiger partial charge < -0.3 is 5.73 Å². The van der Waals surface area contributed by atoms with E-state index in [2.05, 4.69) is 0 Å². The third kappa shape index (κ3) is 1.94. The van der Waals surface area contributed by atoms with Gasteiger partial charge in [-0.3, -0.25) is 0 Å². The zero-order chi connectivity index (χ0) is 11.8. The van der Waals surface area contributed by atoms with Crippen molar-refractivity contribution in [2.24, 2.45) is 5.73 Å². The summed E-state index contributed by atoms with van der Waals surface area (Å²) in [4.78, 5) is 0. The number of benzene rings is 1. The number of nitrogens with two attached hydrogens (primary N) is 1. The Hall–Kier alpha value is -1.03. The van der Waals surface area contributed by atoms with E-state index < -0.39 is 23.0 Å². The Morgan fingerprint density at radius 2 is 1.44 bits per heavy atom. The SMILES string of the molecule is NC1(c2c(F)cc(F)cc2F)CCCCC1. The first kappa shape index (κ1) is 11.5. The van der Waals surface area contributed by atoms with E-state index in [1.807, 2.05) is 0 Å². The Bertz CT molecular complexity index is 374. The van der Waals surface area contributed by atoms with Crippen molar-refractivity contribution in [3.8, 4) is 0 Å². The van der Waals surface area contributed by atoms with Crippen LogP contribution in [0, 0.1) is 17.5 Å². The zero-order valence-corrected chi connectivity index (χ0v) is 8.90. The van der Waals surface area contributed by atoms with Crippen LogP contribution in [0.5, 0.6) is 0 Å². The molecule has 0 unspecified atom stereocenters. The molecular formula is C12H14F3N. The number of hydrogen-bond acceptors (Lipinski definition) is 1. The molecule has 0 heterocycles. The fourth-order valence-corrected chi connectivity index (χ4v) is 2.45. The van der Waals surface area contributed by atoms with Crippen LogP contribution < -0.4 is 5.73 Å². The Morgan fingerprint density at radius 3 is 1.94 bits per heavy atom. The summed E-state index contributed by atoms with van der Waals surface area (Å²) >= 11 is 0. The lowest BCUT2D eigenvalue weighted by molar-refractivity contribution is 0.281. The summed E-state index contributed by atoms with van der Waals surface area (Å²) in [6.45, 7) is 0. The number of hydrogen-bond donors (Lipinski definition) is 1. The van der Waals surface area contributed by atoms with Gasteiger partial charge in [-0.1, -0.05) is 19.3 Å². The highest BCUT2D eigenvalue weighted by Gasteiger charge is 2.34. The first-order chi connectivity index (χ1) is 7.53. The van der Waals surface area contributed by atoms with E-state index in [-0.39, 0.29) is 5.56 Å². The topological polar surface area (TPSA) is 26.0 Å². The third-order valence-corrected chi connectivity index (χ3v) is 3.25. The van der Waals surface area contributed by atoms with Crippen LogP contribution in [0.3, 0.4) is 0 Å². The van der Waals surface area contributed by atoms with E-state index in [1.54, 1.807) is 0 Å². The normalized spacial score (nSPS) is 19.8. The van der Waals surface area contributed by atoms with Gasteiger partial charge in [0.2, 0.25) is 0 Å². The molecule has 16 heavy (non-hydrogen) atoms. The Kier molecular flexibility index (Phi) is 2.93. The van der Waals surface area contributed by atoms with Gasteiger partial charge in [-0.25, -0.2) is 13.2 Å². The molecular weight excluding hydrogens is 215 g/mol. The summed E-state index contributed by atoms with van der Waals surface area (Å²) in [5, 5.41) is 0. The second-order valence-corrected chi connectivity index (χ2v) is 4.46. The highest BCUT2D eigenvalue weighted by Crippen LogP contribution is 2.37. The molecule has 1 aliphatic carbocycles. The summed E-state index contributed by atoms with van der Waals surface area (Å²) in [5.41, 5.74) is 4.90. The van der Waals surface area contributed by atoms with Crippen LogP contribution in [-0.2, 0) is 5.54 Å². The average molecular weight is 229 g/mol. The molecule has 88 valence electrons. The van der Waals surface area contributed by atoms with Gasteiger partial charge in [0, 0.05) is 23.2 Å². The van der Waals surface area contributed by atoms with Crippen LogP contribution in [0.2, 0.25) is 0 Å². The molecule has 0 aliphatic heterocycles. The summed E-state index contributed by atoms with van der Waals surface area (Å²) in [6.07, 6.45) is 3.84. The van der Waals surface area contributed by atoms with E-state index in [1.165, 1.54) is 0 Å². The average Bonchev–Trinajstić information content (AvgIpc) is 2.16. The lowest BCUT2D eigenvalue weighted by atomic mass is 9.77. The van der Waals surface area contributed by atoms with Gasteiger partial charge in [-0.15, -0.1) is 0 Å². The zero-order valence-electron chi connectivity index (χ0n) is 8.90. The molecule has 1 aromatic carbocycles. The summed E-state index contributed by atoms with van der Waals surface area (Å²) in [6, 6.07) is 1.39. The van der Waals surface area contributed by atoms with E-state index in [0.29, 0.717) is 25.0 Å². The van der Waals surface area contributed by atoms with E-state index in [9.17, 15) is 13.2 Å². The van der Waals surface area contributed by atoms with Crippen molar-refractivity contribution in [1.29, 1.82) is 0 Å². The Balaban J connectivity index is 2.46. The van der Waals surface area contributed by atoms with E-state index in [0.717, 1.165) is 19.3 Å². The molecule has 0 saturated heterocycles. The van der Waals surface area contributed by atoms with Crippen LogP contribution in [0.1, 0.15) is 37.7 Å². The van der Waals surface area contributed by atoms with Crippen LogP contribution >= 0.6 is 0 Å². The predicted molar refractivity (Wildman–Crippen MR) is 55.3 cm³/mol. The summed E-state index contributed by atoms with van der Waals surface area (Å²) in [7, 11) is 0. The second kappa shape index (κ2) is 4.09. The lowest BCUT2D eigenvalue weighted by Gasteiger charge is -2.34. The highest BCUT2D eigenvalue weighted by molar-refractivity contribution is 5.28. The van der Waals surface area contributed by atoms with Crippen molar-refractivity contribution in [2.45, 2.75) is 37.6 Å². The fraction of sp³-hybridized carbons (Fsp3) is 0.500. The van der Waals surface area contributed by atoms with Crippen molar-refractivity contribution in [3.05, 3.63) is 35.1 Å². The van der Waals surface area contributed by atoms with Crippen LogP contribution in [0.15, 0.2) is 12.1 Å². The van der Waals surface area contributed by atoms with Gasteiger partial charge in [0.05, 0.1) is 0 Å². The van der Waals surface area contributed by atoms with E-state index >= 15 is 0 Å². The van der Waals surface area contributed by atoms with Crippen LogP contribution in [0.4, 0.5) is 13.2 Å². The number of rotatable bonds is 1. The van der Waals surface area contributed by atoms with Gasteiger partial charge in [-0.05, 0) is 12.8 Å². The molecule has 1 saturated carbocycles. The van der Waals surface area contributed by atoms with Crippen molar-refractivity contribution in [3.63, 3.8) is 0 Å². The molecule has 2 N–H and O–H groups in total. The largest absolute Gasteiger partial charge is 0.321 e. The smallest absolute Gasteiger partial charge is 0.134 e. The molecule has 1 fully saturated rings. The van der Waals surface area contributed by atoms with Gasteiger partial charge in [-0.2, -0.15) is 0 Å². The number of halogens is 3. The lowest BCUT2D eigenvalue weighted by Crippen LogP contribution is -2.40. The monoisotopic (exact) mass is 229 g/mol. The first-order valence-electron chi connectivity index (χ1n) is 5.47. The summed E-state index contributed by atoms with van der Waals surface area (Å²) in [5.74, 6) is -2.65. The predicted octanol–water partition coefficient (Wildman–Crippen LogP) is 3.22. The molecule has 0 spiro atoms. The van der Waals surface area contributed by atoms with Gasteiger partial charge in [0.15, 0.2) is 0 Å². The molecule has 0 bridgehead atoms. The molecule has 4 heteroatoms. The molecule has 0 aromatic heterocycles. The van der Waals surface area contributed by atoms with Gasteiger partial charge in [0.1, 0.15) is 17.5 Å². The molecule has 2 rings (SSSR count). The van der Waals surface area contributed by atoms with Crippen molar-refractivity contribution < 1.29 is 13.2 Å². The molecule has 0 radical (unpaired) electrons. The van der Waals surface area contributed by atoms with Crippen LogP contribution in [-0.4, -0.2) is 0 Å². The molecule has 1 aliphatic rings. The minimum Gasteiger partial charge on any atom is -0.321 e. The Morgan fingerprint density at radius 1 is 0.938 bits per heavy atom. The standard InChI is InChI=1S/C12H14F3N/c13-8-6-9(14)11(10(15)7-8)12(16)4-2-1-3-5-12/h6-7H,1-5,16H2. The first-order valence-corrected chi connectivity index (χ1v) is 5.47. The van der Waals surface area contributed by atoms with Crippen molar-refractivity contribution in [1.82, 2.24) is 0 Å². The van der Waals surface area contributed by atoms with Gasteiger partial charge in [0.25, 0.3) is 0 Å². The maximum Gasteiger partial charge on any atom is 0.134 e. The minimum absolute atomic E-state index is 0.159. The van der Waals surface area contributed by atoms with Crippen molar-refractivity contribution >= 4 is 0 Å². The maximum atomic E-state index is 13.6. The second-order valence-electron chi connectivity index (χ2n) is 4.46. The van der Waals surface area contributed by atoms with E-state index in [4.69, 9.17) is 5.73 Å². The fourth-order valence-electron chi connectivity index (χ4n) is 2.45. The maximum absolute atomic E-state index is 13.6. The van der Waals surface area contributed by atoms with Crippen LogP contribution in [0.25, 0.3) is 0 Å².